The van der Waals surface area contributed by atoms with Crippen LogP contribution in [0.4, 0.5) is 0 Å². The molecule has 1 N–H and O–H groups in total. The number of benzene rings is 1. The van der Waals surface area contributed by atoms with Gasteiger partial charge in [-0.25, -0.2) is 0 Å². The lowest BCUT2D eigenvalue weighted by molar-refractivity contribution is 0.217. The third kappa shape index (κ3) is 2.29. The van der Waals surface area contributed by atoms with Crippen molar-refractivity contribution in [1.29, 1.82) is 0 Å². The van der Waals surface area contributed by atoms with E-state index in [1.807, 2.05) is 20.8 Å². The van der Waals surface area contributed by atoms with Crippen molar-refractivity contribution in [2.75, 3.05) is 19.8 Å². The van der Waals surface area contributed by atoms with Crippen molar-refractivity contribution in [1.82, 2.24) is 0 Å². The van der Waals surface area contributed by atoms with Crippen LogP contribution in [-0.4, -0.2) is 24.9 Å². The van der Waals surface area contributed by atoms with Gasteiger partial charge in [-0.15, -0.1) is 0 Å². The molecule has 0 saturated carbocycles. The molecule has 1 aromatic rings. The van der Waals surface area contributed by atoms with Gasteiger partial charge in [-0.3, -0.25) is 0 Å². The highest BCUT2D eigenvalue weighted by Crippen LogP contribution is 2.43. The van der Waals surface area contributed by atoms with Crippen LogP contribution in [0.2, 0.25) is 5.02 Å². The summed E-state index contributed by atoms with van der Waals surface area (Å²) in [6.07, 6.45) is 0.866. The van der Waals surface area contributed by atoms with Crippen molar-refractivity contribution < 1.29 is 14.6 Å². The Morgan fingerprint density at radius 3 is 2.67 bits per heavy atom. The van der Waals surface area contributed by atoms with Crippen molar-refractivity contribution in [2.24, 2.45) is 0 Å². The van der Waals surface area contributed by atoms with Crippen LogP contribution >= 0.6 is 11.6 Å². The third-order valence-electron chi connectivity index (χ3n) is 3.30. The van der Waals surface area contributed by atoms with E-state index in [0.29, 0.717) is 24.0 Å². The molecule has 1 aliphatic rings. The van der Waals surface area contributed by atoms with E-state index in [-0.39, 0.29) is 6.61 Å². The number of halogens is 1. The van der Waals surface area contributed by atoms with Gasteiger partial charge in [-0.2, -0.15) is 0 Å². The van der Waals surface area contributed by atoms with Gasteiger partial charge in [0.25, 0.3) is 0 Å². The van der Waals surface area contributed by atoms with Crippen LogP contribution in [0.1, 0.15) is 31.4 Å². The highest BCUT2D eigenvalue weighted by molar-refractivity contribution is 6.31. The molecule has 0 bridgehead atoms. The lowest BCUT2D eigenvalue weighted by atomic mass is 9.82. The van der Waals surface area contributed by atoms with Gasteiger partial charge < -0.3 is 14.6 Å². The number of aliphatic hydroxyl groups is 1. The molecule has 100 valence electrons. The molecule has 0 spiro atoms. The minimum Gasteiger partial charge on any atom is -0.489 e. The molecule has 0 aromatic heterocycles. The van der Waals surface area contributed by atoms with Crippen LogP contribution < -0.4 is 9.47 Å². The van der Waals surface area contributed by atoms with Gasteiger partial charge in [-0.05, 0) is 12.5 Å². The van der Waals surface area contributed by atoms with E-state index in [9.17, 15) is 5.11 Å². The smallest absolute Gasteiger partial charge is 0.164 e. The monoisotopic (exact) mass is 270 g/mol. The summed E-state index contributed by atoms with van der Waals surface area (Å²) < 4.78 is 11.4. The van der Waals surface area contributed by atoms with Gasteiger partial charge in [0.15, 0.2) is 11.5 Å². The molecule has 0 unspecified atom stereocenters. The maximum absolute atomic E-state index is 9.53. The second-order valence-corrected chi connectivity index (χ2v) is 5.69. The quantitative estimate of drug-likeness (QED) is 0.898. The van der Waals surface area contributed by atoms with E-state index in [2.05, 4.69) is 0 Å². The Labute approximate surface area is 113 Å². The minimum absolute atomic E-state index is 0.0349. The molecule has 0 amide bonds. The topological polar surface area (TPSA) is 38.7 Å². The summed E-state index contributed by atoms with van der Waals surface area (Å²) in [5.74, 6) is 1.46. The van der Waals surface area contributed by atoms with Crippen molar-refractivity contribution >= 4 is 11.6 Å². The number of hydrogen-bond donors (Lipinski definition) is 1. The zero-order valence-electron chi connectivity index (χ0n) is 11.0. The molecular formula is C14H19ClO3. The van der Waals surface area contributed by atoms with Gasteiger partial charge in [0.1, 0.15) is 0 Å². The molecule has 0 aliphatic carbocycles. The molecule has 18 heavy (non-hydrogen) atoms. The van der Waals surface area contributed by atoms with Crippen molar-refractivity contribution in [3.05, 3.63) is 22.2 Å². The largest absolute Gasteiger partial charge is 0.489 e. The third-order valence-corrected chi connectivity index (χ3v) is 3.60. The lowest BCUT2D eigenvalue weighted by Gasteiger charge is -2.27. The fraction of sp³-hybridized carbons (Fsp3) is 0.571. The zero-order valence-corrected chi connectivity index (χ0v) is 11.8. The Morgan fingerprint density at radius 2 is 2.00 bits per heavy atom. The first-order chi connectivity index (χ1) is 8.47. The van der Waals surface area contributed by atoms with Gasteiger partial charge >= 0.3 is 0 Å². The van der Waals surface area contributed by atoms with E-state index in [4.69, 9.17) is 21.1 Å². The summed E-state index contributed by atoms with van der Waals surface area (Å²) in [4.78, 5) is 0. The molecule has 0 atom stereocenters. The molecule has 1 aliphatic heterocycles. The summed E-state index contributed by atoms with van der Waals surface area (Å²) >= 11 is 6.34. The minimum atomic E-state index is -0.397. The molecule has 2 rings (SSSR count). The maximum Gasteiger partial charge on any atom is 0.164 e. The standard InChI is InChI=1S/C14H19ClO3/c1-9-12(14(2,3)8-16)10(15)7-11-13(9)18-6-4-5-17-11/h7,16H,4-6,8H2,1-3H3. The van der Waals surface area contributed by atoms with Crippen LogP contribution in [-0.2, 0) is 5.41 Å². The number of aliphatic hydroxyl groups excluding tert-OH is 1. The van der Waals surface area contributed by atoms with Crippen LogP contribution in [0.25, 0.3) is 0 Å². The molecule has 1 heterocycles. The van der Waals surface area contributed by atoms with Crippen LogP contribution in [0.15, 0.2) is 6.07 Å². The summed E-state index contributed by atoms with van der Waals surface area (Å²) in [6, 6.07) is 1.79. The first kappa shape index (κ1) is 13.5. The Morgan fingerprint density at radius 1 is 1.33 bits per heavy atom. The summed E-state index contributed by atoms with van der Waals surface area (Å²) in [6.45, 7) is 7.22. The molecule has 0 fully saturated rings. The van der Waals surface area contributed by atoms with Gasteiger partial charge in [0, 0.05) is 28.5 Å². The molecule has 3 nitrogen and oxygen atoms in total. The first-order valence-corrected chi connectivity index (χ1v) is 6.55. The van der Waals surface area contributed by atoms with E-state index in [0.717, 1.165) is 23.3 Å². The Balaban J connectivity index is 2.59. The maximum atomic E-state index is 9.53. The van der Waals surface area contributed by atoms with Crippen molar-refractivity contribution in [3.63, 3.8) is 0 Å². The van der Waals surface area contributed by atoms with Crippen LogP contribution in [0, 0.1) is 6.92 Å². The Hall–Kier alpha value is -0.930. The van der Waals surface area contributed by atoms with Crippen LogP contribution in [0.3, 0.4) is 0 Å². The summed E-state index contributed by atoms with van der Waals surface area (Å²) in [5, 5.41) is 10.1. The number of rotatable bonds is 2. The SMILES string of the molecule is Cc1c2c(cc(Cl)c1C(C)(C)CO)OCCCO2. The lowest BCUT2D eigenvalue weighted by Crippen LogP contribution is -2.24. The average Bonchev–Trinajstić information content (AvgIpc) is 2.54. The fourth-order valence-electron chi connectivity index (χ4n) is 2.34. The van der Waals surface area contributed by atoms with E-state index in [1.165, 1.54) is 0 Å². The van der Waals surface area contributed by atoms with Gasteiger partial charge in [0.05, 0.1) is 19.8 Å². The normalized spacial score (nSPS) is 15.4. The molecule has 0 radical (unpaired) electrons. The summed E-state index contributed by atoms with van der Waals surface area (Å²) in [7, 11) is 0. The predicted molar refractivity (Wildman–Crippen MR) is 71.9 cm³/mol. The second-order valence-electron chi connectivity index (χ2n) is 5.28. The summed E-state index contributed by atoms with van der Waals surface area (Å²) in [5.41, 5.74) is 1.49. The van der Waals surface area contributed by atoms with E-state index >= 15 is 0 Å². The van der Waals surface area contributed by atoms with Gasteiger partial charge in [-0.1, -0.05) is 25.4 Å². The first-order valence-electron chi connectivity index (χ1n) is 6.17. The number of ether oxygens (including phenoxy) is 2. The molecule has 1 aromatic carbocycles. The molecular weight excluding hydrogens is 252 g/mol. The Bertz CT molecular complexity index is 455. The molecule has 0 saturated heterocycles. The average molecular weight is 271 g/mol. The van der Waals surface area contributed by atoms with Crippen molar-refractivity contribution in [3.8, 4) is 11.5 Å². The zero-order chi connectivity index (χ0) is 13.3. The fourth-order valence-corrected chi connectivity index (χ4v) is 2.84. The predicted octanol–water partition coefficient (Wildman–Crippen LogP) is 3.08. The number of hydrogen-bond acceptors (Lipinski definition) is 3. The van der Waals surface area contributed by atoms with Gasteiger partial charge in [0.2, 0.25) is 0 Å². The number of fused-ring (bicyclic) bond motifs is 1. The van der Waals surface area contributed by atoms with Crippen molar-refractivity contribution in [2.45, 2.75) is 32.6 Å². The highest BCUT2D eigenvalue weighted by Gasteiger charge is 2.28. The molecule has 4 heteroatoms. The van der Waals surface area contributed by atoms with E-state index in [1.54, 1.807) is 6.07 Å². The highest BCUT2D eigenvalue weighted by atomic mass is 35.5. The second kappa shape index (κ2) is 4.98. The van der Waals surface area contributed by atoms with Crippen LogP contribution in [0.5, 0.6) is 11.5 Å². The van der Waals surface area contributed by atoms with E-state index < -0.39 is 5.41 Å². The Kier molecular flexibility index (Phi) is 3.74.